The molecule has 3 aromatic rings. The van der Waals surface area contributed by atoms with Crippen molar-refractivity contribution < 1.29 is 22.3 Å². The topological polar surface area (TPSA) is 61.9 Å². The van der Waals surface area contributed by atoms with E-state index in [0.29, 0.717) is 28.2 Å². The van der Waals surface area contributed by atoms with Gasteiger partial charge in [-0.25, -0.2) is 9.18 Å². The number of aryl methyl sites for hydroxylation is 1. The predicted octanol–water partition coefficient (Wildman–Crippen LogP) is 3.47. The van der Waals surface area contributed by atoms with E-state index in [2.05, 4.69) is 26.4 Å². The molecule has 0 N–H and O–H groups in total. The van der Waals surface area contributed by atoms with Crippen molar-refractivity contribution in [3.05, 3.63) is 68.3 Å². The first-order valence-electron chi connectivity index (χ1n) is 7.45. The molecule has 0 spiro atoms. The third kappa shape index (κ3) is 3.87. The maximum atomic E-state index is 13.4. The van der Waals surface area contributed by atoms with Crippen LogP contribution in [0.2, 0.25) is 0 Å². The van der Waals surface area contributed by atoms with Crippen LogP contribution < -0.4 is 10.4 Å². The number of hydrogen-bond acceptors (Lipinski definition) is 4. The zero-order chi connectivity index (χ0) is 19.8. The molecule has 3 rings (SSSR count). The van der Waals surface area contributed by atoms with E-state index in [1.165, 1.54) is 13.1 Å². The van der Waals surface area contributed by atoms with Crippen LogP contribution in [0.1, 0.15) is 11.1 Å². The molecule has 2 aromatic carbocycles. The lowest BCUT2D eigenvalue weighted by molar-refractivity contribution is -0.139. The van der Waals surface area contributed by atoms with Crippen LogP contribution in [0, 0.1) is 5.82 Å². The lowest BCUT2D eigenvalue weighted by Gasteiger charge is -2.16. The summed E-state index contributed by atoms with van der Waals surface area (Å²) in [5, 5.41) is 7.32. The molecule has 0 saturated carbocycles. The molecule has 6 nitrogen and oxygen atoms in total. The van der Waals surface area contributed by atoms with Crippen molar-refractivity contribution in [1.29, 1.82) is 0 Å². The first-order valence-corrected chi connectivity index (χ1v) is 8.24. The van der Waals surface area contributed by atoms with Gasteiger partial charge < -0.3 is 4.74 Å². The maximum absolute atomic E-state index is 13.4. The molecule has 0 saturated heterocycles. The second-order valence-corrected chi connectivity index (χ2v) is 6.32. The first kappa shape index (κ1) is 19.1. The molecular weight excluding hydrogens is 436 g/mol. The Kier molecular flexibility index (Phi) is 5.05. The maximum Gasteiger partial charge on any atom is 0.419 e. The highest BCUT2D eigenvalue weighted by Crippen LogP contribution is 2.37. The number of hydrogen-bond donors (Lipinski definition) is 0. The molecule has 0 radical (unpaired) electrons. The van der Waals surface area contributed by atoms with Gasteiger partial charge in [0.2, 0.25) is 0 Å². The minimum atomic E-state index is -4.71. The number of aromatic nitrogens is 4. The van der Waals surface area contributed by atoms with E-state index in [0.717, 1.165) is 9.36 Å². The van der Waals surface area contributed by atoms with Crippen LogP contribution in [0.15, 0.2) is 45.7 Å². The fourth-order valence-electron chi connectivity index (χ4n) is 2.35. The third-order valence-corrected chi connectivity index (χ3v) is 4.41. The minimum absolute atomic E-state index is 0.271. The Morgan fingerprint density at radius 3 is 2.56 bits per heavy atom. The van der Waals surface area contributed by atoms with E-state index >= 15 is 0 Å². The highest BCUT2D eigenvalue weighted by atomic mass is 79.9. The van der Waals surface area contributed by atoms with Gasteiger partial charge in [0.15, 0.2) is 0 Å². The summed E-state index contributed by atoms with van der Waals surface area (Å²) in [6.07, 6.45) is -4.71. The van der Waals surface area contributed by atoms with Gasteiger partial charge >= 0.3 is 11.9 Å². The van der Waals surface area contributed by atoms with Crippen LogP contribution in [-0.4, -0.2) is 19.8 Å². The molecule has 0 aliphatic carbocycles. The van der Waals surface area contributed by atoms with Crippen LogP contribution in [0.3, 0.4) is 0 Å². The standard InChI is InChI=1S/C16H11BrF4N4O2/c1-24-15(26)25(23-22-24)13-4-2-3-12(17)10(13)8-27-14-7-9(18)5-6-11(14)16(19,20)21/h2-7H,8H2,1H3. The summed E-state index contributed by atoms with van der Waals surface area (Å²) >= 11 is 3.28. The Hall–Kier alpha value is -2.69. The van der Waals surface area contributed by atoms with Gasteiger partial charge in [-0.15, -0.1) is 0 Å². The molecule has 0 aliphatic heterocycles. The molecule has 142 valence electrons. The fraction of sp³-hybridized carbons (Fsp3) is 0.188. The zero-order valence-electron chi connectivity index (χ0n) is 13.7. The van der Waals surface area contributed by atoms with E-state index in [9.17, 15) is 22.4 Å². The van der Waals surface area contributed by atoms with Gasteiger partial charge in [-0.1, -0.05) is 22.0 Å². The summed E-state index contributed by atoms with van der Waals surface area (Å²) in [6, 6.07) is 6.76. The van der Waals surface area contributed by atoms with Crippen LogP contribution in [0.5, 0.6) is 5.75 Å². The Morgan fingerprint density at radius 1 is 1.19 bits per heavy atom. The van der Waals surface area contributed by atoms with Gasteiger partial charge in [0.1, 0.15) is 18.2 Å². The Labute approximate surface area is 158 Å². The van der Waals surface area contributed by atoms with E-state index in [4.69, 9.17) is 4.74 Å². The summed E-state index contributed by atoms with van der Waals surface area (Å²) in [6.45, 7) is -0.369. The van der Waals surface area contributed by atoms with Crippen molar-refractivity contribution in [3.63, 3.8) is 0 Å². The van der Waals surface area contributed by atoms with E-state index in [1.807, 2.05) is 0 Å². The molecule has 0 fully saturated rings. The van der Waals surface area contributed by atoms with Crippen LogP contribution in [-0.2, 0) is 19.8 Å². The first-order chi connectivity index (χ1) is 12.7. The SMILES string of the molecule is Cn1nnn(-c2cccc(Br)c2COc2cc(F)ccc2C(F)(F)F)c1=O. The van der Waals surface area contributed by atoms with Gasteiger partial charge in [-0.2, -0.15) is 22.5 Å². The minimum Gasteiger partial charge on any atom is -0.488 e. The summed E-state index contributed by atoms with van der Waals surface area (Å²) in [7, 11) is 1.41. The molecule has 0 atom stereocenters. The number of benzene rings is 2. The molecule has 0 bridgehead atoms. The molecule has 1 heterocycles. The van der Waals surface area contributed by atoms with Gasteiger partial charge in [0.05, 0.1) is 11.3 Å². The molecule has 1 aromatic heterocycles. The molecule has 0 unspecified atom stereocenters. The van der Waals surface area contributed by atoms with Crippen LogP contribution in [0.4, 0.5) is 17.6 Å². The number of halogens is 5. The van der Waals surface area contributed by atoms with Crippen molar-refractivity contribution in [2.24, 2.45) is 7.05 Å². The third-order valence-electron chi connectivity index (χ3n) is 3.67. The number of ether oxygens (including phenoxy) is 1. The lowest BCUT2D eigenvalue weighted by atomic mass is 10.1. The van der Waals surface area contributed by atoms with Gasteiger partial charge in [-0.05, 0) is 34.7 Å². The molecular formula is C16H11BrF4N4O2. The quantitative estimate of drug-likeness (QED) is 0.575. The second-order valence-electron chi connectivity index (χ2n) is 5.46. The molecule has 11 heteroatoms. The predicted molar refractivity (Wildman–Crippen MR) is 90.0 cm³/mol. The molecule has 0 aliphatic rings. The number of rotatable bonds is 4. The van der Waals surface area contributed by atoms with Crippen molar-refractivity contribution in [2.45, 2.75) is 12.8 Å². The molecule has 0 amide bonds. The van der Waals surface area contributed by atoms with E-state index in [1.54, 1.807) is 12.1 Å². The second kappa shape index (κ2) is 7.14. The Bertz CT molecular complexity index is 1050. The van der Waals surface area contributed by atoms with Gasteiger partial charge in [0, 0.05) is 23.2 Å². The fourth-order valence-corrected chi connectivity index (χ4v) is 2.82. The highest BCUT2D eigenvalue weighted by molar-refractivity contribution is 9.10. The summed E-state index contributed by atoms with van der Waals surface area (Å²) < 4.78 is 60.5. The number of alkyl halides is 3. The largest absolute Gasteiger partial charge is 0.488 e. The molecule has 27 heavy (non-hydrogen) atoms. The lowest BCUT2D eigenvalue weighted by Crippen LogP contribution is -2.23. The van der Waals surface area contributed by atoms with Crippen molar-refractivity contribution in [3.8, 4) is 11.4 Å². The summed E-state index contributed by atoms with van der Waals surface area (Å²) in [5.41, 5.74) is -1.03. The Morgan fingerprint density at radius 2 is 1.93 bits per heavy atom. The van der Waals surface area contributed by atoms with Crippen molar-refractivity contribution in [2.75, 3.05) is 0 Å². The number of tetrazole rings is 1. The van der Waals surface area contributed by atoms with Gasteiger partial charge in [-0.3, -0.25) is 0 Å². The van der Waals surface area contributed by atoms with E-state index < -0.39 is 29.0 Å². The zero-order valence-corrected chi connectivity index (χ0v) is 15.3. The van der Waals surface area contributed by atoms with Crippen LogP contribution in [0.25, 0.3) is 5.69 Å². The highest BCUT2D eigenvalue weighted by Gasteiger charge is 2.34. The number of nitrogens with zero attached hydrogens (tertiary/aromatic N) is 4. The smallest absolute Gasteiger partial charge is 0.419 e. The van der Waals surface area contributed by atoms with Crippen molar-refractivity contribution in [1.82, 2.24) is 19.8 Å². The normalized spacial score (nSPS) is 11.6. The van der Waals surface area contributed by atoms with Gasteiger partial charge in [0.25, 0.3) is 0 Å². The monoisotopic (exact) mass is 446 g/mol. The summed E-state index contributed by atoms with van der Waals surface area (Å²) in [4.78, 5) is 12.1. The van der Waals surface area contributed by atoms with E-state index in [-0.39, 0.29) is 12.3 Å². The average Bonchev–Trinajstić information content (AvgIpc) is 2.91. The van der Waals surface area contributed by atoms with Crippen LogP contribution >= 0.6 is 15.9 Å². The van der Waals surface area contributed by atoms with Crippen molar-refractivity contribution >= 4 is 15.9 Å². The summed E-state index contributed by atoms with van der Waals surface area (Å²) in [5.74, 6) is -1.52. The average molecular weight is 447 g/mol. The Balaban J connectivity index is 2.00.